The summed E-state index contributed by atoms with van der Waals surface area (Å²) in [6.45, 7) is 2.18. The predicted molar refractivity (Wildman–Crippen MR) is 138 cm³/mol. The van der Waals surface area contributed by atoms with Gasteiger partial charge in [-0.05, 0) is 67.5 Å². The Bertz CT molecular complexity index is 1770. The molecule has 0 fully saturated rings. The van der Waals surface area contributed by atoms with Crippen molar-refractivity contribution in [3.05, 3.63) is 108 Å². The molecule has 7 nitrogen and oxygen atoms in total. The standard InChI is InChI=1S/C27H24N4O3S/c1-2-17-10-12-19(13-11-17)31-25(33)24-20-7-3-4-8-21(20)35-26(24)30(27(31)34)16-18-15-23(32)29-14-6-5-9-22(29)28-18/h5-6,9-15H,2-4,7-8,16H2,1H3. The fourth-order valence-electron chi connectivity index (χ4n) is 4.96. The third-order valence-corrected chi connectivity index (χ3v) is 8.10. The Balaban J connectivity index is 1.62. The molecule has 6 rings (SSSR count). The number of rotatable bonds is 4. The van der Waals surface area contributed by atoms with Crippen LogP contribution in [0.1, 0.15) is 41.5 Å². The summed E-state index contributed by atoms with van der Waals surface area (Å²) >= 11 is 1.53. The number of fused-ring (bicyclic) bond motifs is 4. The van der Waals surface area contributed by atoms with E-state index in [1.165, 1.54) is 31.2 Å². The molecule has 0 N–H and O–H groups in total. The van der Waals surface area contributed by atoms with E-state index in [1.807, 2.05) is 30.3 Å². The van der Waals surface area contributed by atoms with Crippen LogP contribution in [0.25, 0.3) is 21.6 Å². The Kier molecular flexibility index (Phi) is 5.25. The van der Waals surface area contributed by atoms with Gasteiger partial charge >= 0.3 is 5.69 Å². The summed E-state index contributed by atoms with van der Waals surface area (Å²) in [5, 5.41) is 0.626. The average molecular weight is 485 g/mol. The van der Waals surface area contributed by atoms with Crippen LogP contribution in [0.2, 0.25) is 0 Å². The van der Waals surface area contributed by atoms with E-state index in [1.54, 1.807) is 22.9 Å². The van der Waals surface area contributed by atoms with Crippen molar-refractivity contribution in [2.45, 2.75) is 45.6 Å². The van der Waals surface area contributed by atoms with Gasteiger partial charge in [0.25, 0.3) is 11.1 Å². The van der Waals surface area contributed by atoms with Crippen molar-refractivity contribution in [2.75, 3.05) is 0 Å². The highest BCUT2D eigenvalue weighted by Crippen LogP contribution is 2.34. The number of nitrogens with zero attached hydrogens (tertiary/aromatic N) is 4. The first-order valence-electron chi connectivity index (χ1n) is 11.9. The van der Waals surface area contributed by atoms with E-state index >= 15 is 0 Å². The molecule has 0 spiro atoms. The maximum Gasteiger partial charge on any atom is 0.337 e. The van der Waals surface area contributed by atoms with Crippen molar-refractivity contribution >= 4 is 27.2 Å². The molecule has 0 radical (unpaired) electrons. The van der Waals surface area contributed by atoms with Gasteiger partial charge in [0.2, 0.25) is 0 Å². The van der Waals surface area contributed by atoms with Crippen LogP contribution in [-0.2, 0) is 25.8 Å². The first-order valence-corrected chi connectivity index (χ1v) is 12.7. The van der Waals surface area contributed by atoms with Crippen molar-refractivity contribution in [1.82, 2.24) is 18.5 Å². The van der Waals surface area contributed by atoms with Gasteiger partial charge in [-0.25, -0.2) is 14.3 Å². The van der Waals surface area contributed by atoms with E-state index in [-0.39, 0.29) is 17.7 Å². The first-order chi connectivity index (χ1) is 17.0. The van der Waals surface area contributed by atoms with Crippen molar-refractivity contribution in [3.63, 3.8) is 0 Å². The molecular formula is C27H24N4O3S. The zero-order valence-corrected chi connectivity index (χ0v) is 20.2. The minimum absolute atomic E-state index is 0.114. The molecule has 0 saturated carbocycles. The molecule has 0 atom stereocenters. The van der Waals surface area contributed by atoms with Gasteiger partial charge in [0.05, 0.1) is 23.3 Å². The summed E-state index contributed by atoms with van der Waals surface area (Å²) in [6.07, 6.45) is 6.42. The number of benzene rings is 1. The highest BCUT2D eigenvalue weighted by Gasteiger charge is 2.24. The fraction of sp³-hybridized carbons (Fsp3) is 0.259. The van der Waals surface area contributed by atoms with E-state index < -0.39 is 5.69 Å². The molecule has 4 heterocycles. The second-order valence-electron chi connectivity index (χ2n) is 8.93. The normalized spacial score (nSPS) is 13.4. The summed E-state index contributed by atoms with van der Waals surface area (Å²) in [7, 11) is 0. The van der Waals surface area contributed by atoms with Gasteiger partial charge in [-0.1, -0.05) is 25.1 Å². The minimum atomic E-state index is -0.416. The van der Waals surface area contributed by atoms with Crippen LogP contribution in [0.5, 0.6) is 0 Å². The summed E-state index contributed by atoms with van der Waals surface area (Å²) < 4.78 is 4.37. The van der Waals surface area contributed by atoms with Crippen LogP contribution in [0.15, 0.2) is 69.1 Å². The van der Waals surface area contributed by atoms with Crippen LogP contribution in [0.3, 0.4) is 0 Å². The van der Waals surface area contributed by atoms with Gasteiger partial charge in [-0.3, -0.25) is 18.6 Å². The second-order valence-corrected chi connectivity index (χ2v) is 10.0. The van der Waals surface area contributed by atoms with Gasteiger partial charge in [-0.15, -0.1) is 11.3 Å². The number of aromatic nitrogens is 4. The lowest BCUT2D eigenvalue weighted by Crippen LogP contribution is -2.39. The maximum absolute atomic E-state index is 13.8. The van der Waals surface area contributed by atoms with Crippen LogP contribution in [-0.4, -0.2) is 18.5 Å². The summed E-state index contributed by atoms with van der Waals surface area (Å²) in [6, 6.07) is 14.4. The second kappa shape index (κ2) is 8.46. The summed E-state index contributed by atoms with van der Waals surface area (Å²) in [4.78, 5) is 46.8. The molecule has 0 aliphatic heterocycles. The van der Waals surface area contributed by atoms with Crippen molar-refractivity contribution < 1.29 is 0 Å². The molecule has 176 valence electrons. The molecule has 0 bridgehead atoms. The Morgan fingerprint density at radius 3 is 2.60 bits per heavy atom. The van der Waals surface area contributed by atoms with E-state index in [4.69, 9.17) is 0 Å². The van der Waals surface area contributed by atoms with Crippen molar-refractivity contribution in [3.8, 4) is 5.69 Å². The Morgan fingerprint density at radius 1 is 1.00 bits per heavy atom. The molecule has 0 saturated heterocycles. The smallest absolute Gasteiger partial charge is 0.278 e. The number of hydrogen-bond donors (Lipinski definition) is 0. The van der Waals surface area contributed by atoms with Gasteiger partial charge in [0.15, 0.2) is 0 Å². The molecule has 1 aromatic carbocycles. The molecule has 35 heavy (non-hydrogen) atoms. The lowest BCUT2D eigenvalue weighted by molar-refractivity contribution is 0.692. The number of pyridine rings is 1. The number of aryl methyl sites for hydroxylation is 3. The van der Waals surface area contributed by atoms with Gasteiger partial charge in [-0.2, -0.15) is 0 Å². The Morgan fingerprint density at radius 2 is 1.80 bits per heavy atom. The largest absolute Gasteiger partial charge is 0.337 e. The highest BCUT2D eigenvalue weighted by molar-refractivity contribution is 7.18. The lowest BCUT2D eigenvalue weighted by Gasteiger charge is -2.14. The average Bonchev–Trinajstić information content (AvgIpc) is 3.27. The number of hydrogen-bond acceptors (Lipinski definition) is 5. The van der Waals surface area contributed by atoms with E-state index in [0.717, 1.165) is 43.2 Å². The summed E-state index contributed by atoms with van der Waals surface area (Å²) in [5.41, 5.74) is 2.88. The van der Waals surface area contributed by atoms with Gasteiger partial charge in [0.1, 0.15) is 10.5 Å². The third-order valence-electron chi connectivity index (χ3n) is 6.78. The van der Waals surface area contributed by atoms with Crippen molar-refractivity contribution in [1.29, 1.82) is 0 Å². The quantitative estimate of drug-likeness (QED) is 0.390. The van der Waals surface area contributed by atoms with E-state index in [9.17, 15) is 14.4 Å². The fourth-order valence-corrected chi connectivity index (χ4v) is 6.33. The number of thiophene rings is 1. The molecule has 0 amide bonds. The lowest BCUT2D eigenvalue weighted by atomic mass is 9.97. The van der Waals surface area contributed by atoms with Gasteiger partial charge in [0, 0.05) is 17.1 Å². The monoisotopic (exact) mass is 484 g/mol. The summed E-state index contributed by atoms with van der Waals surface area (Å²) in [5.74, 6) is 0. The third kappa shape index (κ3) is 3.56. The molecule has 1 aliphatic carbocycles. The van der Waals surface area contributed by atoms with Gasteiger partial charge < -0.3 is 0 Å². The zero-order valence-electron chi connectivity index (χ0n) is 19.4. The first kappa shape index (κ1) is 21.7. The molecule has 0 unspecified atom stereocenters. The van der Waals surface area contributed by atoms with Crippen LogP contribution in [0, 0.1) is 0 Å². The molecule has 1 aliphatic rings. The van der Waals surface area contributed by atoms with Crippen molar-refractivity contribution in [2.24, 2.45) is 0 Å². The van der Waals surface area contributed by atoms with Crippen LogP contribution >= 0.6 is 11.3 Å². The van der Waals surface area contributed by atoms with Crippen LogP contribution in [0.4, 0.5) is 0 Å². The maximum atomic E-state index is 13.8. The minimum Gasteiger partial charge on any atom is -0.278 e. The Labute approximate surface area is 204 Å². The van der Waals surface area contributed by atoms with E-state index in [0.29, 0.717) is 27.2 Å². The Hall–Kier alpha value is -3.78. The van der Waals surface area contributed by atoms with Crippen LogP contribution < -0.4 is 16.8 Å². The zero-order chi connectivity index (χ0) is 24.1. The molecule has 8 heteroatoms. The topological polar surface area (TPSA) is 78.4 Å². The molecule has 5 aromatic rings. The SMILES string of the molecule is CCc1ccc(-n2c(=O)c3c4c(sc3n(Cc3cc(=O)n5ccccc5n3)c2=O)CCCC4)cc1. The molecule has 4 aromatic heterocycles. The molecular weight excluding hydrogens is 460 g/mol. The van der Waals surface area contributed by atoms with E-state index in [2.05, 4.69) is 11.9 Å². The highest BCUT2D eigenvalue weighted by atomic mass is 32.1. The predicted octanol–water partition coefficient (Wildman–Crippen LogP) is 3.71.